The average Bonchev–Trinajstić information content (AvgIpc) is 3.28. The van der Waals surface area contributed by atoms with E-state index in [0.717, 1.165) is 44.9 Å². The highest BCUT2D eigenvalue weighted by molar-refractivity contribution is 9.10. The molecule has 0 unspecified atom stereocenters. The Morgan fingerprint density at radius 1 is 1.29 bits per heavy atom. The van der Waals surface area contributed by atoms with Gasteiger partial charge in [-0.15, -0.1) is 21.6 Å². The number of azo groups is 1. The minimum Gasteiger partial charge on any atom is -0.493 e. The van der Waals surface area contributed by atoms with Gasteiger partial charge in [-0.1, -0.05) is 43.1 Å². The molecular formula is C23H24BrN5OS. The maximum absolute atomic E-state index is 10.4. The van der Waals surface area contributed by atoms with Crippen molar-refractivity contribution in [3.8, 4) is 5.88 Å². The summed E-state index contributed by atoms with van der Waals surface area (Å²) in [4.78, 5) is 14.3. The van der Waals surface area contributed by atoms with Crippen LogP contribution in [-0.4, -0.2) is 20.1 Å². The lowest BCUT2D eigenvalue weighted by Gasteiger charge is -2.36. The normalized spacial score (nSPS) is 17.1. The number of hydrogen-bond donors (Lipinski definition) is 2. The number of H-pyrrole nitrogens is 1. The maximum atomic E-state index is 10.4. The number of fused-ring (bicyclic) bond motifs is 4. The largest absolute Gasteiger partial charge is 0.493 e. The van der Waals surface area contributed by atoms with Crippen molar-refractivity contribution in [2.24, 2.45) is 21.6 Å². The van der Waals surface area contributed by atoms with E-state index in [-0.39, 0.29) is 5.88 Å². The van der Waals surface area contributed by atoms with E-state index in [1.807, 2.05) is 18.2 Å². The molecule has 0 fully saturated rings. The van der Waals surface area contributed by atoms with Crippen LogP contribution < -0.4 is 0 Å². The number of rotatable bonds is 4. The molecule has 6 nitrogen and oxygen atoms in total. The Bertz CT molecular complexity index is 1320. The Labute approximate surface area is 193 Å². The van der Waals surface area contributed by atoms with Crippen molar-refractivity contribution >= 4 is 59.9 Å². The summed E-state index contributed by atoms with van der Waals surface area (Å²) >= 11 is 5.23. The zero-order valence-corrected chi connectivity index (χ0v) is 20.1. The summed E-state index contributed by atoms with van der Waals surface area (Å²) in [5.41, 5.74) is 2.85. The van der Waals surface area contributed by atoms with Crippen molar-refractivity contribution in [1.29, 1.82) is 0 Å². The lowest BCUT2D eigenvalue weighted by Crippen LogP contribution is -2.28. The van der Waals surface area contributed by atoms with Crippen LogP contribution in [0.1, 0.15) is 44.1 Å². The van der Waals surface area contributed by atoms with Crippen LogP contribution >= 0.6 is 27.3 Å². The van der Waals surface area contributed by atoms with Crippen molar-refractivity contribution in [1.82, 2.24) is 15.0 Å². The standard InChI is InChI=1S/C23H24BrN5OS/c1-4-23(2,3)12-5-8-17-15(9-12)18-20(25-11-26-22(18)31-17)29-28-19-14-10-13(24)6-7-16(14)27-21(19)30/h6-7,10-12,27,30H,4-5,8-9H2,1-3H3/t12-/m1/s1. The highest BCUT2D eigenvalue weighted by Crippen LogP contribution is 2.46. The number of hydrogen-bond acceptors (Lipinski definition) is 6. The van der Waals surface area contributed by atoms with Gasteiger partial charge in [0.2, 0.25) is 5.88 Å². The number of aryl methyl sites for hydroxylation is 1. The van der Waals surface area contributed by atoms with E-state index < -0.39 is 0 Å². The molecule has 3 heterocycles. The lowest BCUT2D eigenvalue weighted by atomic mass is 9.69. The molecule has 0 amide bonds. The van der Waals surface area contributed by atoms with E-state index in [0.29, 0.717) is 22.8 Å². The second-order valence-electron chi connectivity index (χ2n) is 8.88. The Morgan fingerprint density at radius 3 is 2.94 bits per heavy atom. The number of benzene rings is 1. The Balaban J connectivity index is 1.59. The van der Waals surface area contributed by atoms with Gasteiger partial charge in [0.15, 0.2) is 11.5 Å². The molecule has 0 spiro atoms. The van der Waals surface area contributed by atoms with Gasteiger partial charge in [0.05, 0.1) is 10.9 Å². The monoisotopic (exact) mass is 497 g/mol. The molecule has 0 bridgehead atoms. The summed E-state index contributed by atoms with van der Waals surface area (Å²) in [5.74, 6) is 1.20. The summed E-state index contributed by atoms with van der Waals surface area (Å²) < 4.78 is 0.913. The van der Waals surface area contributed by atoms with Crippen molar-refractivity contribution in [3.63, 3.8) is 0 Å². The molecule has 5 rings (SSSR count). The number of nitrogens with zero attached hydrogens (tertiary/aromatic N) is 4. The molecule has 31 heavy (non-hydrogen) atoms. The van der Waals surface area contributed by atoms with E-state index in [4.69, 9.17) is 0 Å². The molecule has 4 aromatic rings. The first-order valence-corrected chi connectivity index (χ1v) is 12.2. The third-order valence-electron chi connectivity index (χ3n) is 6.80. The number of halogens is 1. The number of aromatic hydroxyl groups is 1. The van der Waals surface area contributed by atoms with E-state index in [9.17, 15) is 5.11 Å². The van der Waals surface area contributed by atoms with Crippen molar-refractivity contribution in [3.05, 3.63) is 39.4 Å². The van der Waals surface area contributed by atoms with Crippen LogP contribution in [0.15, 0.2) is 39.2 Å². The second-order valence-corrected chi connectivity index (χ2v) is 10.9. The van der Waals surface area contributed by atoms with Gasteiger partial charge in [-0.3, -0.25) is 0 Å². The number of aromatic nitrogens is 3. The van der Waals surface area contributed by atoms with Gasteiger partial charge >= 0.3 is 0 Å². The van der Waals surface area contributed by atoms with E-state index >= 15 is 0 Å². The van der Waals surface area contributed by atoms with Crippen LogP contribution in [0.4, 0.5) is 11.5 Å². The number of nitrogens with one attached hydrogen (secondary N) is 1. The molecule has 8 heteroatoms. The Hall–Kier alpha value is -2.32. The maximum Gasteiger partial charge on any atom is 0.218 e. The quantitative estimate of drug-likeness (QED) is 0.284. The highest BCUT2D eigenvalue weighted by atomic mass is 79.9. The summed E-state index contributed by atoms with van der Waals surface area (Å²) in [6, 6.07) is 5.73. The highest BCUT2D eigenvalue weighted by Gasteiger charge is 2.33. The number of thiophene rings is 1. The summed E-state index contributed by atoms with van der Waals surface area (Å²) in [6.45, 7) is 7.01. The molecule has 0 saturated carbocycles. The van der Waals surface area contributed by atoms with Crippen LogP contribution in [-0.2, 0) is 12.8 Å². The van der Waals surface area contributed by atoms with E-state index in [1.165, 1.54) is 16.9 Å². The SMILES string of the molecule is CCC(C)(C)[C@@H]1CCc2sc3ncnc(N=Nc4c(O)[nH]c5ccc(Br)cc45)c3c2C1. The first-order chi connectivity index (χ1) is 14.9. The molecule has 0 aliphatic heterocycles. The summed E-state index contributed by atoms with van der Waals surface area (Å²) in [7, 11) is 0. The van der Waals surface area contributed by atoms with E-state index in [1.54, 1.807) is 17.7 Å². The van der Waals surface area contributed by atoms with Gasteiger partial charge in [-0.25, -0.2) is 9.97 Å². The van der Waals surface area contributed by atoms with E-state index in [2.05, 4.69) is 61.9 Å². The predicted molar refractivity (Wildman–Crippen MR) is 129 cm³/mol. The fourth-order valence-corrected chi connectivity index (χ4v) is 6.00. The van der Waals surface area contributed by atoms with Gasteiger partial charge in [0.25, 0.3) is 0 Å². The topological polar surface area (TPSA) is 86.5 Å². The summed E-state index contributed by atoms with van der Waals surface area (Å²) in [5, 5.41) is 21.1. The minimum atomic E-state index is -0.000688. The fraction of sp³-hybridized carbons (Fsp3) is 0.391. The predicted octanol–water partition coefficient (Wildman–Crippen LogP) is 7.60. The smallest absolute Gasteiger partial charge is 0.218 e. The zero-order valence-electron chi connectivity index (χ0n) is 17.7. The Morgan fingerprint density at radius 2 is 2.13 bits per heavy atom. The molecule has 0 radical (unpaired) electrons. The van der Waals surface area contributed by atoms with Gasteiger partial charge in [-0.05, 0) is 54.4 Å². The van der Waals surface area contributed by atoms with Crippen LogP contribution in [0.3, 0.4) is 0 Å². The first kappa shape index (κ1) is 20.6. The van der Waals surface area contributed by atoms with Crippen molar-refractivity contribution in [2.75, 3.05) is 0 Å². The van der Waals surface area contributed by atoms with Crippen molar-refractivity contribution in [2.45, 2.75) is 46.5 Å². The Kier molecular flexibility index (Phi) is 5.09. The van der Waals surface area contributed by atoms with Crippen LogP contribution in [0.5, 0.6) is 5.88 Å². The first-order valence-electron chi connectivity index (χ1n) is 10.5. The van der Waals surface area contributed by atoms with Crippen LogP contribution in [0.25, 0.3) is 21.1 Å². The average molecular weight is 498 g/mol. The molecular weight excluding hydrogens is 474 g/mol. The molecule has 0 saturated heterocycles. The van der Waals surface area contributed by atoms with Gasteiger partial charge in [0.1, 0.15) is 11.2 Å². The summed E-state index contributed by atoms with van der Waals surface area (Å²) in [6.07, 6.45) is 6.03. The molecule has 1 aliphatic rings. The molecule has 1 aromatic carbocycles. The zero-order chi connectivity index (χ0) is 21.8. The van der Waals surface area contributed by atoms with Crippen LogP contribution in [0.2, 0.25) is 0 Å². The second kappa shape index (κ2) is 7.67. The van der Waals surface area contributed by atoms with Gasteiger partial charge in [0, 0.05) is 14.7 Å². The lowest BCUT2D eigenvalue weighted by molar-refractivity contribution is 0.184. The number of aromatic amines is 1. The third kappa shape index (κ3) is 3.55. The van der Waals surface area contributed by atoms with Crippen molar-refractivity contribution < 1.29 is 5.11 Å². The minimum absolute atomic E-state index is 0.000688. The molecule has 1 atom stereocenters. The van der Waals surface area contributed by atoms with Crippen LogP contribution in [0, 0.1) is 11.3 Å². The molecule has 3 aromatic heterocycles. The molecule has 160 valence electrons. The fourth-order valence-electron chi connectivity index (χ4n) is 4.46. The molecule has 1 aliphatic carbocycles. The van der Waals surface area contributed by atoms with Gasteiger partial charge < -0.3 is 10.1 Å². The molecule has 2 N–H and O–H groups in total. The third-order valence-corrected chi connectivity index (χ3v) is 8.49. The van der Waals surface area contributed by atoms with Gasteiger partial charge in [-0.2, -0.15) is 0 Å².